The van der Waals surface area contributed by atoms with Gasteiger partial charge in [0.2, 0.25) is 0 Å². The minimum absolute atomic E-state index is 0.0564. The Kier molecular flexibility index (Phi) is 12.9. The van der Waals surface area contributed by atoms with Gasteiger partial charge in [0.1, 0.15) is 23.4 Å². The molecule has 0 saturated carbocycles. The molecule has 0 radical (unpaired) electrons. The normalized spacial score (nSPS) is 31.8. The molecule has 0 saturated heterocycles. The summed E-state index contributed by atoms with van der Waals surface area (Å²) in [5.41, 5.74) is -0.366. The predicted molar refractivity (Wildman–Crippen MR) is 202 cm³/mol. The Bertz CT molecular complexity index is 1920. The molecule has 5 rings (SSSR count). The molecular formula is C40H52N2O12. The molecule has 1 amide bonds. The van der Waals surface area contributed by atoms with Crippen LogP contribution in [0.4, 0.5) is 5.69 Å². The number of aromatic hydroxyl groups is 3. The van der Waals surface area contributed by atoms with E-state index >= 15 is 0 Å². The van der Waals surface area contributed by atoms with Crippen LogP contribution in [0.25, 0.3) is 10.8 Å². The van der Waals surface area contributed by atoms with Crippen LogP contribution in [0.15, 0.2) is 41.1 Å². The fourth-order valence-electron chi connectivity index (χ4n) is 7.11. The molecule has 0 spiro atoms. The highest BCUT2D eigenvalue weighted by Crippen LogP contribution is 2.55. The number of ether oxygens (including phenoxy) is 4. The molecule has 2 aromatic carbocycles. The molecule has 2 aromatic rings. The Morgan fingerprint density at radius 3 is 2.26 bits per heavy atom. The van der Waals surface area contributed by atoms with E-state index in [1.807, 2.05) is 0 Å². The summed E-state index contributed by atoms with van der Waals surface area (Å²) in [6.45, 7) is 14.5. The number of aliphatic imine (C=N–C) groups is 1. The van der Waals surface area contributed by atoms with Crippen LogP contribution in [0.5, 0.6) is 23.0 Å². The molecule has 0 fully saturated rings. The molecule has 6 N–H and O–H groups in total. The van der Waals surface area contributed by atoms with Crippen LogP contribution in [0, 0.1) is 30.6 Å². The lowest BCUT2D eigenvalue weighted by atomic mass is 9.78. The minimum Gasteiger partial charge on any atom is -0.507 e. The van der Waals surface area contributed by atoms with Gasteiger partial charge in [-0.1, -0.05) is 45.9 Å². The highest BCUT2D eigenvalue weighted by molar-refractivity contribution is 6.23. The summed E-state index contributed by atoms with van der Waals surface area (Å²) in [7, 11) is 1.41. The van der Waals surface area contributed by atoms with Gasteiger partial charge in [0.25, 0.3) is 11.7 Å². The van der Waals surface area contributed by atoms with E-state index < -0.39 is 88.8 Å². The van der Waals surface area contributed by atoms with E-state index in [1.54, 1.807) is 46.8 Å². The zero-order chi connectivity index (χ0) is 40.4. The van der Waals surface area contributed by atoms with Gasteiger partial charge in [-0.05, 0) is 26.8 Å². The Balaban J connectivity index is 1.96. The number of fused-ring (bicyclic) bond motifs is 14. The maximum Gasteiger partial charge on any atom is 0.312 e. The van der Waals surface area contributed by atoms with Crippen molar-refractivity contribution >= 4 is 40.3 Å². The van der Waals surface area contributed by atoms with Crippen molar-refractivity contribution in [3.8, 4) is 23.0 Å². The first-order valence-electron chi connectivity index (χ1n) is 17.9. The number of carbonyl (C=O) groups is 3. The summed E-state index contributed by atoms with van der Waals surface area (Å²) in [4.78, 5) is 43.9. The molecule has 0 aliphatic carbocycles. The highest BCUT2D eigenvalue weighted by atomic mass is 16.7. The number of Topliss-reactive ketones (excluding diaryl/α,β-unsaturated/α-hetero) is 1. The number of aliphatic hydroxyl groups is 2. The quantitative estimate of drug-likeness (QED) is 0.103. The fraction of sp³-hybridized carbons (Fsp3) is 0.500. The largest absolute Gasteiger partial charge is 0.507 e. The maximum atomic E-state index is 14.2. The Morgan fingerprint density at radius 1 is 0.981 bits per heavy atom. The van der Waals surface area contributed by atoms with Crippen LogP contribution >= 0.6 is 0 Å². The van der Waals surface area contributed by atoms with Crippen LogP contribution in [0.3, 0.4) is 0 Å². The van der Waals surface area contributed by atoms with Gasteiger partial charge in [-0.3, -0.25) is 19.4 Å². The second-order valence-electron chi connectivity index (χ2n) is 14.2. The second-order valence-corrected chi connectivity index (χ2v) is 14.2. The third-order valence-corrected chi connectivity index (χ3v) is 10.4. The SMILES string of the molecule is CCOC1/C=C/OC2(C)Oc3c(C)c(O)c4c(O)c(c(C=NC)c(O)c4c3C2=O)NC(=O)/C(C)=C\C=C\C(C)C(O)C(C)C(O)C(C)C(OC(C)=O)C1C. The zero-order valence-corrected chi connectivity index (χ0v) is 32.3. The lowest BCUT2D eigenvalue weighted by Gasteiger charge is -2.38. The van der Waals surface area contributed by atoms with Crippen molar-refractivity contribution in [2.24, 2.45) is 28.7 Å². The Hall–Kier alpha value is -4.92. The smallest absolute Gasteiger partial charge is 0.312 e. The summed E-state index contributed by atoms with van der Waals surface area (Å²) in [5, 5.41) is 59.5. The number of hydrogen-bond acceptors (Lipinski definition) is 13. The third kappa shape index (κ3) is 7.82. The van der Waals surface area contributed by atoms with E-state index in [1.165, 1.54) is 59.4 Å². The molecule has 5 bridgehead atoms. The van der Waals surface area contributed by atoms with Gasteiger partial charge in [-0.2, -0.15) is 0 Å². The van der Waals surface area contributed by atoms with E-state index in [0.29, 0.717) is 0 Å². The number of allylic oxidation sites excluding steroid dienone is 2. The number of anilines is 1. The van der Waals surface area contributed by atoms with Gasteiger partial charge in [0, 0.05) is 73.9 Å². The first-order chi connectivity index (χ1) is 25.3. The Labute approximate surface area is 314 Å². The standard InChI is InChI=1S/C40H52N2O12/c1-11-51-26-15-16-52-40(9)38(49)29-27-28(33(46)23(7)37(29)54-40)35(48)30(25(17-41-10)34(27)47)42-39(50)19(3)14-12-13-18(2)31(44)21(5)32(45)22(6)36(20(26)4)53-24(8)43/h12-18,20-22,26,31-32,36,44-48H,11H2,1-10H3,(H,42,50)/b13-12+,16-15+,19-14-,41-17?. The lowest BCUT2D eigenvalue weighted by molar-refractivity contribution is -0.161. The predicted octanol–water partition coefficient (Wildman–Crippen LogP) is 5.19. The van der Waals surface area contributed by atoms with Crippen molar-refractivity contribution in [3.63, 3.8) is 0 Å². The first-order valence-corrected chi connectivity index (χ1v) is 17.9. The number of hydrogen-bond donors (Lipinski definition) is 6. The number of nitrogens with zero attached hydrogens (tertiary/aromatic N) is 1. The average Bonchev–Trinajstić information content (AvgIpc) is 3.39. The van der Waals surface area contributed by atoms with Crippen molar-refractivity contribution in [2.75, 3.05) is 19.0 Å². The topological polar surface area (TPSA) is 214 Å². The number of phenols is 3. The lowest BCUT2D eigenvalue weighted by Crippen LogP contribution is -2.46. The minimum atomic E-state index is -2.03. The van der Waals surface area contributed by atoms with E-state index in [2.05, 4.69) is 10.3 Å². The van der Waals surface area contributed by atoms with Gasteiger partial charge in [-0.15, -0.1) is 0 Å². The molecule has 9 atom stereocenters. The summed E-state index contributed by atoms with van der Waals surface area (Å²) in [5.74, 6) is -8.30. The Morgan fingerprint density at radius 2 is 1.65 bits per heavy atom. The van der Waals surface area contributed by atoms with Gasteiger partial charge in [0.05, 0.1) is 46.8 Å². The van der Waals surface area contributed by atoms with Crippen LogP contribution in [0.1, 0.15) is 76.9 Å². The van der Waals surface area contributed by atoms with Crippen LogP contribution < -0.4 is 10.1 Å². The molecule has 294 valence electrons. The molecule has 3 aliphatic heterocycles. The molecule has 14 heteroatoms. The number of benzene rings is 2. The zero-order valence-electron chi connectivity index (χ0n) is 32.3. The van der Waals surface area contributed by atoms with Crippen molar-refractivity contribution < 1.29 is 58.9 Å². The molecule has 9 unspecified atom stereocenters. The number of amides is 1. The summed E-state index contributed by atoms with van der Waals surface area (Å²) >= 11 is 0. The molecular weight excluding hydrogens is 700 g/mol. The van der Waals surface area contributed by atoms with E-state index in [-0.39, 0.29) is 51.1 Å². The molecule has 14 nitrogen and oxygen atoms in total. The van der Waals surface area contributed by atoms with Crippen LogP contribution in [-0.2, 0) is 23.8 Å². The number of ketones is 1. The van der Waals surface area contributed by atoms with Crippen molar-refractivity contribution in [3.05, 3.63) is 52.8 Å². The van der Waals surface area contributed by atoms with Crippen LogP contribution in [0.2, 0.25) is 0 Å². The monoisotopic (exact) mass is 752 g/mol. The molecule has 0 aromatic heterocycles. The van der Waals surface area contributed by atoms with Gasteiger partial charge < -0.3 is 49.8 Å². The van der Waals surface area contributed by atoms with E-state index in [9.17, 15) is 39.9 Å². The van der Waals surface area contributed by atoms with E-state index in [0.717, 1.165) is 0 Å². The molecule has 3 heterocycles. The number of aliphatic hydroxyl groups excluding tert-OH is 2. The highest BCUT2D eigenvalue weighted by Gasteiger charge is 2.50. The van der Waals surface area contributed by atoms with Crippen molar-refractivity contribution in [1.29, 1.82) is 0 Å². The number of phenolic OH excluding ortho intramolecular Hbond substituents is 3. The number of rotatable bonds is 4. The summed E-state index contributed by atoms with van der Waals surface area (Å²) in [6.07, 6.45) is 4.80. The number of nitrogens with one attached hydrogen (secondary N) is 1. The third-order valence-electron chi connectivity index (χ3n) is 10.4. The van der Waals surface area contributed by atoms with Gasteiger partial charge >= 0.3 is 11.8 Å². The second kappa shape index (κ2) is 16.6. The number of carbonyl (C=O) groups excluding carboxylic acids is 3. The molecule has 54 heavy (non-hydrogen) atoms. The van der Waals surface area contributed by atoms with Crippen molar-refractivity contribution in [1.82, 2.24) is 0 Å². The first kappa shape index (κ1) is 41.8. The summed E-state index contributed by atoms with van der Waals surface area (Å²) in [6, 6.07) is 0. The van der Waals surface area contributed by atoms with Gasteiger partial charge in [0.15, 0.2) is 5.75 Å². The maximum absolute atomic E-state index is 14.2. The molecule has 3 aliphatic rings. The van der Waals surface area contributed by atoms with Crippen molar-refractivity contribution in [2.45, 2.75) is 92.5 Å². The van der Waals surface area contributed by atoms with Crippen LogP contribution in [-0.4, -0.2) is 93.3 Å². The fourth-order valence-corrected chi connectivity index (χ4v) is 7.11. The average molecular weight is 753 g/mol. The summed E-state index contributed by atoms with van der Waals surface area (Å²) < 4.78 is 23.8. The van der Waals surface area contributed by atoms with E-state index in [4.69, 9.17) is 18.9 Å². The number of esters is 1. The van der Waals surface area contributed by atoms with Gasteiger partial charge in [-0.25, -0.2) is 0 Å².